The van der Waals surface area contributed by atoms with Gasteiger partial charge < -0.3 is 5.73 Å². The first-order chi connectivity index (χ1) is 10.1. The highest BCUT2D eigenvalue weighted by molar-refractivity contribution is 7.90. The van der Waals surface area contributed by atoms with Crippen LogP contribution in [0.5, 0.6) is 0 Å². The van der Waals surface area contributed by atoms with Crippen molar-refractivity contribution < 1.29 is 8.42 Å². The van der Waals surface area contributed by atoms with Crippen molar-refractivity contribution in [3.8, 4) is 0 Å². The molecule has 0 spiro atoms. The fourth-order valence-corrected chi connectivity index (χ4v) is 3.70. The molecule has 0 amide bonds. The zero-order valence-electron chi connectivity index (χ0n) is 11.5. The van der Waals surface area contributed by atoms with E-state index in [4.69, 9.17) is 5.73 Å². The molecule has 0 fully saturated rings. The van der Waals surface area contributed by atoms with Gasteiger partial charge in [-0.05, 0) is 29.7 Å². The van der Waals surface area contributed by atoms with Gasteiger partial charge in [-0.15, -0.1) is 0 Å². The molecule has 0 radical (unpaired) electrons. The van der Waals surface area contributed by atoms with Crippen LogP contribution in [0.1, 0.15) is 11.1 Å². The van der Waals surface area contributed by atoms with Crippen LogP contribution in [0.15, 0.2) is 48.5 Å². The van der Waals surface area contributed by atoms with Gasteiger partial charge in [0.25, 0.3) is 0 Å². The van der Waals surface area contributed by atoms with Crippen LogP contribution >= 0.6 is 0 Å². The van der Waals surface area contributed by atoms with Crippen molar-refractivity contribution in [1.82, 2.24) is 4.31 Å². The molecule has 21 heavy (non-hydrogen) atoms. The Kier molecular flexibility index (Phi) is 3.57. The van der Waals surface area contributed by atoms with Crippen molar-refractivity contribution in [2.24, 2.45) is 0 Å². The number of rotatable bonds is 3. The minimum absolute atomic E-state index is 0.387. The number of benzene rings is 2. The lowest BCUT2D eigenvalue weighted by molar-refractivity contribution is 0.394. The first-order valence-corrected chi connectivity index (χ1v) is 8.19. The molecule has 1 aliphatic rings. The Morgan fingerprint density at radius 1 is 1.00 bits per heavy atom. The van der Waals surface area contributed by atoms with E-state index in [9.17, 15) is 8.42 Å². The van der Waals surface area contributed by atoms with Crippen LogP contribution in [0, 0.1) is 0 Å². The Morgan fingerprint density at radius 3 is 2.43 bits per heavy atom. The third kappa shape index (κ3) is 2.86. The van der Waals surface area contributed by atoms with Crippen molar-refractivity contribution >= 4 is 21.6 Å². The summed E-state index contributed by atoms with van der Waals surface area (Å²) in [5.41, 5.74) is 8.88. The normalized spacial score (nSPS) is 15.4. The van der Waals surface area contributed by atoms with E-state index in [1.54, 1.807) is 24.3 Å². The summed E-state index contributed by atoms with van der Waals surface area (Å²) in [6.45, 7) is 0.858. The van der Waals surface area contributed by atoms with E-state index < -0.39 is 10.2 Å². The maximum absolute atomic E-state index is 12.5. The lowest BCUT2D eigenvalue weighted by Gasteiger charge is -2.28. The average Bonchev–Trinajstić information content (AvgIpc) is 2.49. The van der Waals surface area contributed by atoms with Crippen LogP contribution in [0.3, 0.4) is 0 Å². The molecule has 3 N–H and O–H groups in total. The van der Waals surface area contributed by atoms with Crippen molar-refractivity contribution in [2.45, 2.75) is 13.0 Å². The van der Waals surface area contributed by atoms with Crippen LogP contribution in [0.2, 0.25) is 0 Å². The Hall–Kier alpha value is -2.05. The summed E-state index contributed by atoms with van der Waals surface area (Å²) in [6, 6.07) is 14.8. The van der Waals surface area contributed by atoms with Crippen molar-refractivity contribution in [1.29, 1.82) is 0 Å². The standard InChI is InChI=1S/C15H17N3O2S/c16-14-7-3-4-8-15(14)17-21(19,20)18-10-9-12-5-1-2-6-13(12)11-18/h1-8,17H,9-11,16H2. The molecule has 5 nitrogen and oxygen atoms in total. The smallest absolute Gasteiger partial charge is 0.302 e. The SMILES string of the molecule is Nc1ccccc1NS(=O)(=O)N1CCc2ccccc2C1. The quantitative estimate of drug-likeness (QED) is 0.851. The zero-order valence-corrected chi connectivity index (χ0v) is 12.3. The molecular weight excluding hydrogens is 286 g/mol. The number of fused-ring (bicyclic) bond motifs is 1. The Bertz CT molecular complexity index is 759. The van der Waals surface area contributed by atoms with E-state index in [2.05, 4.69) is 4.72 Å². The highest BCUT2D eigenvalue weighted by atomic mass is 32.2. The van der Waals surface area contributed by atoms with Gasteiger partial charge in [0.15, 0.2) is 0 Å². The van der Waals surface area contributed by atoms with E-state index in [-0.39, 0.29) is 0 Å². The van der Waals surface area contributed by atoms with Crippen LogP contribution in [0.4, 0.5) is 11.4 Å². The fourth-order valence-electron chi connectivity index (χ4n) is 2.47. The molecule has 0 unspecified atom stereocenters. The van der Waals surface area contributed by atoms with Gasteiger partial charge in [0.2, 0.25) is 0 Å². The summed E-state index contributed by atoms with van der Waals surface area (Å²) < 4.78 is 29.0. The molecule has 3 rings (SSSR count). The van der Waals surface area contributed by atoms with Gasteiger partial charge in [-0.2, -0.15) is 12.7 Å². The van der Waals surface area contributed by atoms with Crippen LogP contribution < -0.4 is 10.5 Å². The van der Waals surface area contributed by atoms with E-state index >= 15 is 0 Å². The predicted octanol–water partition coefficient (Wildman–Crippen LogP) is 1.98. The number of nitrogen functional groups attached to an aromatic ring is 1. The topological polar surface area (TPSA) is 75.4 Å². The number of nitrogens with one attached hydrogen (secondary N) is 1. The number of nitrogens with two attached hydrogens (primary N) is 1. The molecule has 2 aromatic carbocycles. The Labute approximate surface area is 124 Å². The van der Waals surface area contributed by atoms with Crippen molar-refractivity contribution in [2.75, 3.05) is 17.0 Å². The molecule has 0 saturated heterocycles. The largest absolute Gasteiger partial charge is 0.397 e. The van der Waals surface area contributed by atoms with E-state index in [1.807, 2.05) is 24.3 Å². The molecule has 110 valence electrons. The number of hydrogen-bond acceptors (Lipinski definition) is 3. The molecule has 0 saturated carbocycles. The number of anilines is 2. The maximum atomic E-state index is 12.5. The second-order valence-corrected chi connectivity index (χ2v) is 6.72. The third-order valence-corrected chi connectivity index (χ3v) is 5.10. The molecule has 0 aliphatic carbocycles. The Morgan fingerprint density at radius 2 is 1.67 bits per heavy atom. The lowest BCUT2D eigenvalue weighted by Crippen LogP contribution is -2.39. The van der Waals surface area contributed by atoms with Crippen LogP contribution in [0.25, 0.3) is 0 Å². The van der Waals surface area contributed by atoms with Crippen LogP contribution in [-0.4, -0.2) is 19.3 Å². The average molecular weight is 303 g/mol. The zero-order chi connectivity index (χ0) is 14.9. The maximum Gasteiger partial charge on any atom is 0.302 e. The third-order valence-electron chi connectivity index (χ3n) is 3.64. The Balaban J connectivity index is 1.82. The first kappa shape index (κ1) is 13.9. The number of hydrogen-bond donors (Lipinski definition) is 2. The van der Waals surface area contributed by atoms with Gasteiger partial charge in [0.1, 0.15) is 0 Å². The summed E-state index contributed by atoms with van der Waals surface area (Å²) in [6.07, 6.45) is 0.724. The number of para-hydroxylation sites is 2. The second-order valence-electron chi connectivity index (χ2n) is 5.05. The van der Waals surface area contributed by atoms with Gasteiger partial charge in [-0.1, -0.05) is 36.4 Å². The van der Waals surface area contributed by atoms with Gasteiger partial charge in [-0.3, -0.25) is 4.72 Å². The highest BCUT2D eigenvalue weighted by Gasteiger charge is 2.26. The lowest BCUT2D eigenvalue weighted by atomic mass is 10.0. The second kappa shape index (κ2) is 5.38. The monoisotopic (exact) mass is 303 g/mol. The van der Waals surface area contributed by atoms with E-state index in [0.29, 0.717) is 24.5 Å². The minimum Gasteiger partial charge on any atom is -0.397 e. The molecule has 1 heterocycles. The highest BCUT2D eigenvalue weighted by Crippen LogP contribution is 2.24. The van der Waals surface area contributed by atoms with Crippen molar-refractivity contribution in [3.05, 3.63) is 59.7 Å². The molecule has 6 heteroatoms. The minimum atomic E-state index is -3.60. The molecule has 0 atom stereocenters. The first-order valence-electron chi connectivity index (χ1n) is 6.75. The summed E-state index contributed by atoms with van der Waals surface area (Å²) in [7, 11) is -3.60. The van der Waals surface area contributed by atoms with Crippen molar-refractivity contribution in [3.63, 3.8) is 0 Å². The summed E-state index contributed by atoms with van der Waals surface area (Å²) in [4.78, 5) is 0. The van der Waals surface area contributed by atoms with Gasteiger partial charge in [0, 0.05) is 13.1 Å². The summed E-state index contributed by atoms with van der Waals surface area (Å²) >= 11 is 0. The van der Waals surface area contributed by atoms with E-state index in [0.717, 1.165) is 12.0 Å². The van der Waals surface area contributed by atoms with E-state index in [1.165, 1.54) is 9.87 Å². The number of nitrogens with zero attached hydrogens (tertiary/aromatic N) is 1. The molecular formula is C15H17N3O2S. The summed E-state index contributed by atoms with van der Waals surface area (Å²) in [5, 5.41) is 0. The molecule has 0 aromatic heterocycles. The van der Waals surface area contributed by atoms with Gasteiger partial charge in [-0.25, -0.2) is 0 Å². The van der Waals surface area contributed by atoms with Crippen LogP contribution in [-0.2, 0) is 23.2 Å². The fraction of sp³-hybridized carbons (Fsp3) is 0.200. The molecule has 1 aliphatic heterocycles. The van der Waals surface area contributed by atoms with Gasteiger partial charge >= 0.3 is 10.2 Å². The van der Waals surface area contributed by atoms with Gasteiger partial charge in [0.05, 0.1) is 11.4 Å². The molecule has 2 aromatic rings. The molecule has 0 bridgehead atoms. The summed E-state index contributed by atoms with van der Waals surface area (Å²) in [5.74, 6) is 0. The predicted molar refractivity (Wildman–Crippen MR) is 84.0 cm³/mol.